The number of thioether (sulfide) groups is 1. The van der Waals surface area contributed by atoms with Gasteiger partial charge in [-0.1, -0.05) is 132 Å². The summed E-state index contributed by atoms with van der Waals surface area (Å²) in [5, 5.41) is 28.6. The summed E-state index contributed by atoms with van der Waals surface area (Å²) in [5.74, 6) is -12.9. The van der Waals surface area contributed by atoms with Crippen molar-refractivity contribution in [1.29, 1.82) is 0 Å². The van der Waals surface area contributed by atoms with Crippen molar-refractivity contribution in [2.45, 2.75) is 285 Å². The SMILES string of the molecule is CC(C)C[C@@H]1CC(=O)[C@H](CC(C)C)NC(=O)[C@@H]2CCCN2C(=O)[C@H](CC(C)C)NC(=O)[C@H](CCCN=C(N)N)NC(=O)[C@H](CC(C)C)NC(=O)[C@H](CC(C)C)NC(=O)[C@@H]2CSC(=N2)c2cccc(c2)C[C@@H](C(N)=O)NC(=O)[C@H](CC(C)C)NC(=O)[C@H](C)NC(=O)[C@H](Cc2ccccc2)CC(=O)[C@H](C)NC(=O)[C@@H]2CCCN2C(=O)[C@H](C)NC1=O. The lowest BCUT2D eigenvalue weighted by molar-refractivity contribution is -0.143. The van der Waals surface area contributed by atoms with Crippen LogP contribution in [-0.2, 0) is 84.8 Å². The number of hydrogen-bond acceptors (Lipinski definition) is 18. The van der Waals surface area contributed by atoms with Crippen molar-refractivity contribution < 1.29 is 71.9 Å². The van der Waals surface area contributed by atoms with E-state index in [-0.39, 0.29) is 150 Å². The van der Waals surface area contributed by atoms with Gasteiger partial charge in [0.2, 0.25) is 76.8 Å². The number of nitrogens with two attached hydrogens (primary N) is 3. The average molecular weight is 1660 g/mol. The molecule has 0 saturated carbocycles. The summed E-state index contributed by atoms with van der Waals surface area (Å²) in [6.07, 6.45) is 1.42. The Bertz CT molecular complexity index is 3920. The van der Waals surface area contributed by atoms with Crippen molar-refractivity contribution in [2.75, 3.05) is 25.4 Å². The molecule has 2 fully saturated rings. The van der Waals surface area contributed by atoms with E-state index >= 15 is 4.79 Å². The second-order valence-corrected chi connectivity index (χ2v) is 35.7. The van der Waals surface area contributed by atoms with E-state index in [0.29, 0.717) is 34.6 Å². The summed E-state index contributed by atoms with van der Waals surface area (Å²) >= 11 is 1.28. The number of guanidine groups is 1. The number of carbonyl (C=O) groups excluding carboxylic acids is 15. The molecular formula is C85H131N17O15S. The molecule has 13 amide bonds. The van der Waals surface area contributed by atoms with Crippen LogP contribution in [0.5, 0.6) is 0 Å². The molecule has 0 radical (unpaired) electrons. The minimum atomic E-state index is -1.33. The Labute approximate surface area is 698 Å². The molecule has 2 saturated heterocycles. The molecule has 16 N–H and O–H groups in total. The first kappa shape index (κ1) is 97.0. The Morgan fingerprint density at radius 3 is 1.47 bits per heavy atom. The van der Waals surface area contributed by atoms with Crippen molar-refractivity contribution in [3.05, 3.63) is 71.3 Å². The molecule has 0 aromatic heterocycles. The van der Waals surface area contributed by atoms with Crippen LogP contribution in [0.15, 0.2) is 64.6 Å². The smallest absolute Gasteiger partial charge is 0.246 e. The zero-order valence-corrected chi connectivity index (χ0v) is 72.3. The van der Waals surface area contributed by atoms with Crippen LogP contribution < -0.4 is 70.4 Å². The molecule has 6 rings (SSSR count). The largest absolute Gasteiger partial charge is 0.370 e. The summed E-state index contributed by atoms with van der Waals surface area (Å²) in [4.78, 5) is 228. The first-order valence-electron chi connectivity index (χ1n) is 42.0. The van der Waals surface area contributed by atoms with E-state index in [2.05, 4.69) is 58.2 Å². The number of primary amides is 1. The molecule has 15 atom stereocenters. The van der Waals surface area contributed by atoms with E-state index in [1.807, 2.05) is 83.1 Å². The molecule has 0 unspecified atom stereocenters. The third-order valence-electron chi connectivity index (χ3n) is 21.3. The number of fused-ring (bicyclic) bond motifs is 6. The Balaban J connectivity index is 1.34. The molecule has 652 valence electrons. The maximum Gasteiger partial charge on any atom is 0.246 e. The number of benzene rings is 2. The van der Waals surface area contributed by atoms with Gasteiger partial charge in [-0.05, 0) is 157 Å². The Hall–Kier alpha value is -9.82. The van der Waals surface area contributed by atoms with Crippen molar-refractivity contribution in [1.82, 2.24) is 63.0 Å². The number of nitrogens with one attached hydrogen (secondary N) is 10. The van der Waals surface area contributed by atoms with Crippen molar-refractivity contribution >= 4 is 111 Å². The highest BCUT2D eigenvalue weighted by Crippen LogP contribution is 2.29. The second kappa shape index (κ2) is 46.5. The summed E-state index contributed by atoms with van der Waals surface area (Å²) in [6, 6.07) is 0.449. The summed E-state index contributed by atoms with van der Waals surface area (Å²) in [7, 11) is 0. The second-order valence-electron chi connectivity index (χ2n) is 34.7. The van der Waals surface area contributed by atoms with E-state index < -0.39 is 185 Å². The third kappa shape index (κ3) is 30.5. The minimum Gasteiger partial charge on any atom is -0.370 e. The lowest BCUT2D eigenvalue weighted by atomic mass is 9.87. The van der Waals surface area contributed by atoms with Crippen LogP contribution in [0.2, 0.25) is 0 Å². The highest BCUT2D eigenvalue weighted by molar-refractivity contribution is 8.14. The predicted octanol–water partition coefficient (Wildman–Crippen LogP) is 3.20. The quantitative estimate of drug-likeness (QED) is 0.0545. The van der Waals surface area contributed by atoms with Crippen LogP contribution >= 0.6 is 11.8 Å². The summed E-state index contributed by atoms with van der Waals surface area (Å²) < 4.78 is 0. The zero-order chi connectivity index (χ0) is 87.5. The standard InChI is InChI=1S/C85H131N17O15S/c1-45(2)33-57-43-70(104)60(34-46(3)4)94-81(115)68-29-22-32-102(68)84(117)65(38-50(11)12)99-75(109)59(27-20-30-89-85(87)88)93-76(110)63(36-48(7)8)97-78(112)64(37-49(9)10)98-79(113)66-44-118-82(100-66)56-26-19-25-55(40-56)41-61(71(86)105)95-77(111)62(35-47(5)6)96-72(106)52(14)91-74(108)58(39-54-23-17-16-18-24-54)42-69(103)51(13)90-80(114)67-28-21-31-101(67)83(116)53(15)92-73(57)107/h16-19,23-26,40,45-53,57-68H,20-22,27-39,41-44H2,1-15H3,(H2,86,105)(H,90,114)(H,91,108)(H,92,107)(H,93,110)(H,94,115)(H,95,111)(H,96,106)(H,97,112)(H,98,113)(H,99,109)(H4,87,88,89)/t51-,52-,53-,57+,58+,59-,60-,61-,62-,63-,64-,65-,66-,67-,68-/m0/s1. The van der Waals surface area contributed by atoms with Gasteiger partial charge in [0.25, 0.3) is 0 Å². The first-order valence-corrected chi connectivity index (χ1v) is 43.0. The van der Waals surface area contributed by atoms with Gasteiger partial charge in [0, 0.05) is 62.0 Å². The summed E-state index contributed by atoms with van der Waals surface area (Å²) in [6.45, 7) is 27.0. The predicted molar refractivity (Wildman–Crippen MR) is 451 cm³/mol. The zero-order valence-electron chi connectivity index (χ0n) is 71.5. The number of nitrogens with zero attached hydrogens (tertiary/aromatic N) is 4. The van der Waals surface area contributed by atoms with Gasteiger partial charge in [-0.2, -0.15) is 0 Å². The molecule has 2 aromatic carbocycles. The van der Waals surface area contributed by atoms with Gasteiger partial charge in [-0.25, -0.2) is 0 Å². The van der Waals surface area contributed by atoms with E-state index in [9.17, 15) is 67.1 Å². The number of aliphatic imine (C=N–C) groups is 2. The third-order valence-corrected chi connectivity index (χ3v) is 22.4. The number of Topliss-reactive ketones (excluding diaryl/α,β-unsaturated/α-hetero) is 2. The van der Waals surface area contributed by atoms with E-state index in [1.54, 1.807) is 54.6 Å². The van der Waals surface area contributed by atoms with Gasteiger partial charge < -0.3 is 80.2 Å². The number of rotatable bonds is 19. The van der Waals surface area contributed by atoms with E-state index in [4.69, 9.17) is 22.2 Å². The molecule has 32 nitrogen and oxygen atoms in total. The van der Waals surface area contributed by atoms with E-state index in [1.165, 1.54) is 42.3 Å². The monoisotopic (exact) mass is 1660 g/mol. The fourth-order valence-corrected chi connectivity index (χ4v) is 16.3. The normalized spacial score (nSPS) is 27.2. The number of hydrogen-bond donors (Lipinski definition) is 13. The lowest BCUT2D eigenvalue weighted by Gasteiger charge is -2.32. The van der Waals surface area contributed by atoms with Crippen LogP contribution in [-0.4, -0.2) is 213 Å². The number of amides is 13. The van der Waals surface area contributed by atoms with Gasteiger partial charge >= 0.3 is 0 Å². The molecule has 0 spiro atoms. The van der Waals surface area contributed by atoms with Crippen molar-refractivity contribution in [3.63, 3.8) is 0 Å². The molecular weight excluding hydrogens is 1530 g/mol. The van der Waals surface area contributed by atoms with Crippen molar-refractivity contribution in [2.24, 2.45) is 74.5 Å². The van der Waals surface area contributed by atoms with Crippen LogP contribution in [0, 0.1) is 47.3 Å². The topological polar surface area (TPSA) is 486 Å². The Morgan fingerprint density at radius 2 is 0.915 bits per heavy atom. The molecule has 4 aliphatic rings. The molecule has 118 heavy (non-hydrogen) atoms. The van der Waals surface area contributed by atoms with Gasteiger partial charge in [0.1, 0.15) is 66.5 Å². The number of ketones is 2. The molecule has 4 aliphatic heterocycles. The molecule has 33 heteroatoms. The average Bonchev–Trinajstić information content (AvgIpc) is 1.64. The van der Waals surface area contributed by atoms with Gasteiger partial charge in [-0.15, -0.1) is 11.8 Å². The van der Waals surface area contributed by atoms with Gasteiger partial charge in [-0.3, -0.25) is 81.9 Å². The maximum atomic E-state index is 15.1. The lowest BCUT2D eigenvalue weighted by Crippen LogP contribution is -2.60. The first-order chi connectivity index (χ1) is 55.6. The molecule has 4 bridgehead atoms. The molecule has 0 aliphatic carbocycles. The Morgan fingerprint density at radius 1 is 0.458 bits per heavy atom. The highest BCUT2D eigenvalue weighted by Gasteiger charge is 2.44. The fraction of sp³-hybridized carbons (Fsp3) is 0.659. The van der Waals surface area contributed by atoms with Gasteiger partial charge in [0.15, 0.2) is 17.5 Å². The summed E-state index contributed by atoms with van der Waals surface area (Å²) in [5.41, 5.74) is 19.1. The van der Waals surface area contributed by atoms with Crippen LogP contribution in [0.4, 0.5) is 0 Å². The van der Waals surface area contributed by atoms with Crippen LogP contribution in [0.3, 0.4) is 0 Å². The van der Waals surface area contributed by atoms with Crippen LogP contribution in [0.25, 0.3) is 0 Å². The van der Waals surface area contributed by atoms with Crippen LogP contribution in [0.1, 0.15) is 210 Å². The molecule has 2 aromatic rings. The van der Waals surface area contributed by atoms with E-state index in [0.717, 1.165) is 0 Å². The number of carbonyl (C=O) groups is 15. The van der Waals surface area contributed by atoms with Crippen molar-refractivity contribution in [3.8, 4) is 0 Å². The minimum absolute atomic E-state index is 0.0357. The fourth-order valence-electron chi connectivity index (χ4n) is 15.2. The maximum absolute atomic E-state index is 15.1. The highest BCUT2D eigenvalue weighted by atomic mass is 32.2. The van der Waals surface area contributed by atoms with Gasteiger partial charge in [0.05, 0.1) is 17.1 Å². The molecule has 4 heterocycles. The Kier molecular flexibility index (Phi) is 38.2.